The highest BCUT2D eigenvalue weighted by molar-refractivity contribution is 5.42. The number of rotatable bonds is 18. The second-order valence-corrected chi connectivity index (χ2v) is 7.27. The molecule has 0 aliphatic rings. The first-order chi connectivity index (χ1) is 13.3. The summed E-state index contributed by atoms with van der Waals surface area (Å²) in [7, 11) is 0. The zero-order valence-electron chi connectivity index (χ0n) is 17.9. The molecule has 3 N–H and O–H groups in total. The SMILES string of the molecule is CCCCCCNc1nc(NCCCCCC)nc(NCCCCCC)n1. The van der Waals surface area contributed by atoms with E-state index in [1.54, 1.807) is 0 Å². The Labute approximate surface area is 166 Å². The predicted molar refractivity (Wildman–Crippen MR) is 118 cm³/mol. The number of hydrogen-bond donors (Lipinski definition) is 3. The van der Waals surface area contributed by atoms with Gasteiger partial charge in [0.25, 0.3) is 0 Å². The van der Waals surface area contributed by atoms with Gasteiger partial charge in [-0.05, 0) is 19.3 Å². The van der Waals surface area contributed by atoms with E-state index in [9.17, 15) is 0 Å². The first-order valence-electron chi connectivity index (χ1n) is 11.3. The van der Waals surface area contributed by atoms with Gasteiger partial charge in [-0.25, -0.2) is 0 Å². The van der Waals surface area contributed by atoms with Crippen LogP contribution in [0, 0.1) is 0 Å². The summed E-state index contributed by atoms with van der Waals surface area (Å²) < 4.78 is 0. The lowest BCUT2D eigenvalue weighted by Crippen LogP contribution is -2.14. The van der Waals surface area contributed by atoms with E-state index in [1.165, 1.54) is 57.8 Å². The average Bonchev–Trinajstić information content (AvgIpc) is 2.67. The van der Waals surface area contributed by atoms with Crippen LogP contribution in [0.2, 0.25) is 0 Å². The third kappa shape index (κ3) is 12.4. The Bertz CT molecular complexity index is 387. The lowest BCUT2D eigenvalue weighted by molar-refractivity contribution is 0.679. The monoisotopic (exact) mass is 378 g/mol. The van der Waals surface area contributed by atoms with Crippen LogP contribution in [0.5, 0.6) is 0 Å². The molecule has 0 atom stereocenters. The topological polar surface area (TPSA) is 74.8 Å². The maximum atomic E-state index is 4.54. The van der Waals surface area contributed by atoms with E-state index in [0.717, 1.165) is 38.9 Å². The normalized spacial score (nSPS) is 10.8. The van der Waals surface area contributed by atoms with Gasteiger partial charge in [0.2, 0.25) is 17.8 Å². The zero-order chi connectivity index (χ0) is 19.6. The first kappa shape index (κ1) is 23.4. The molecule has 6 heteroatoms. The van der Waals surface area contributed by atoms with Gasteiger partial charge in [0.1, 0.15) is 0 Å². The molecule has 0 unspecified atom stereocenters. The van der Waals surface area contributed by atoms with Crippen molar-refractivity contribution in [3.8, 4) is 0 Å². The van der Waals surface area contributed by atoms with Crippen LogP contribution >= 0.6 is 0 Å². The Morgan fingerprint density at radius 2 is 0.741 bits per heavy atom. The molecule has 1 aromatic rings. The Kier molecular flexibility index (Phi) is 14.4. The fraction of sp³-hybridized carbons (Fsp3) is 0.857. The van der Waals surface area contributed by atoms with Gasteiger partial charge in [-0.2, -0.15) is 15.0 Å². The molecule has 0 saturated carbocycles. The molecule has 6 nitrogen and oxygen atoms in total. The van der Waals surface area contributed by atoms with Gasteiger partial charge in [-0.15, -0.1) is 0 Å². The third-order valence-electron chi connectivity index (χ3n) is 4.58. The van der Waals surface area contributed by atoms with Gasteiger partial charge < -0.3 is 16.0 Å². The molecule has 1 aromatic heterocycles. The van der Waals surface area contributed by atoms with Crippen molar-refractivity contribution >= 4 is 17.8 Å². The van der Waals surface area contributed by atoms with Gasteiger partial charge in [-0.1, -0.05) is 78.6 Å². The van der Waals surface area contributed by atoms with Crippen molar-refractivity contribution in [1.82, 2.24) is 15.0 Å². The number of hydrogen-bond acceptors (Lipinski definition) is 6. The zero-order valence-corrected chi connectivity index (χ0v) is 17.9. The van der Waals surface area contributed by atoms with Gasteiger partial charge in [0, 0.05) is 19.6 Å². The highest BCUT2D eigenvalue weighted by Gasteiger charge is 2.06. The second-order valence-electron chi connectivity index (χ2n) is 7.27. The minimum absolute atomic E-state index is 0.675. The smallest absolute Gasteiger partial charge is 0.229 e. The Hall–Kier alpha value is -1.59. The van der Waals surface area contributed by atoms with Crippen molar-refractivity contribution in [1.29, 1.82) is 0 Å². The third-order valence-corrected chi connectivity index (χ3v) is 4.58. The lowest BCUT2D eigenvalue weighted by atomic mass is 10.2. The summed E-state index contributed by atoms with van der Waals surface area (Å²) in [6.45, 7) is 9.44. The van der Waals surface area contributed by atoms with Crippen molar-refractivity contribution in [2.45, 2.75) is 97.8 Å². The number of nitrogens with zero attached hydrogens (tertiary/aromatic N) is 3. The highest BCUT2D eigenvalue weighted by atomic mass is 15.3. The molecule has 1 rings (SSSR count). The van der Waals surface area contributed by atoms with Crippen molar-refractivity contribution in [3.63, 3.8) is 0 Å². The summed E-state index contributed by atoms with van der Waals surface area (Å²) in [5.41, 5.74) is 0. The Morgan fingerprint density at radius 1 is 0.444 bits per heavy atom. The minimum atomic E-state index is 0.675. The molecule has 0 fully saturated rings. The molecule has 0 amide bonds. The van der Waals surface area contributed by atoms with Crippen LogP contribution in [0.4, 0.5) is 17.8 Å². The van der Waals surface area contributed by atoms with Crippen LogP contribution < -0.4 is 16.0 Å². The van der Waals surface area contributed by atoms with Gasteiger partial charge in [0.15, 0.2) is 0 Å². The van der Waals surface area contributed by atoms with Crippen LogP contribution in [0.1, 0.15) is 97.8 Å². The molecule has 0 bridgehead atoms. The summed E-state index contributed by atoms with van der Waals surface area (Å²) in [6, 6.07) is 0. The summed E-state index contributed by atoms with van der Waals surface area (Å²) >= 11 is 0. The summed E-state index contributed by atoms with van der Waals surface area (Å²) in [5, 5.41) is 10.1. The number of aromatic nitrogens is 3. The van der Waals surface area contributed by atoms with E-state index in [4.69, 9.17) is 0 Å². The minimum Gasteiger partial charge on any atom is -0.354 e. The summed E-state index contributed by atoms with van der Waals surface area (Å²) in [4.78, 5) is 13.6. The van der Waals surface area contributed by atoms with E-state index in [1.807, 2.05) is 0 Å². The van der Waals surface area contributed by atoms with Gasteiger partial charge in [0.05, 0.1) is 0 Å². The highest BCUT2D eigenvalue weighted by Crippen LogP contribution is 2.11. The first-order valence-corrected chi connectivity index (χ1v) is 11.3. The molecule has 0 aliphatic carbocycles. The molecule has 27 heavy (non-hydrogen) atoms. The standard InChI is InChI=1S/C21H42N6/c1-4-7-10-13-16-22-19-25-20(23-17-14-11-8-5-2)27-21(26-19)24-18-15-12-9-6-3/h4-18H2,1-3H3,(H3,22,23,24,25,26,27). The molecule has 0 radical (unpaired) electrons. The quantitative estimate of drug-likeness (QED) is 0.278. The van der Waals surface area contributed by atoms with E-state index in [-0.39, 0.29) is 0 Å². The van der Waals surface area contributed by atoms with E-state index >= 15 is 0 Å². The Morgan fingerprint density at radius 3 is 1.00 bits per heavy atom. The van der Waals surface area contributed by atoms with E-state index in [0.29, 0.717) is 17.8 Å². The fourth-order valence-corrected chi connectivity index (χ4v) is 2.87. The van der Waals surface area contributed by atoms with Crippen LogP contribution in [0.25, 0.3) is 0 Å². The number of nitrogens with one attached hydrogen (secondary N) is 3. The van der Waals surface area contributed by atoms with Crippen LogP contribution in [-0.2, 0) is 0 Å². The van der Waals surface area contributed by atoms with Crippen LogP contribution in [0.15, 0.2) is 0 Å². The molecule has 0 spiro atoms. The average molecular weight is 379 g/mol. The van der Waals surface area contributed by atoms with Crippen LogP contribution in [-0.4, -0.2) is 34.6 Å². The fourth-order valence-electron chi connectivity index (χ4n) is 2.87. The molecule has 0 aromatic carbocycles. The lowest BCUT2D eigenvalue weighted by Gasteiger charge is -2.11. The number of unbranched alkanes of at least 4 members (excludes halogenated alkanes) is 9. The van der Waals surface area contributed by atoms with Gasteiger partial charge in [-0.3, -0.25) is 0 Å². The second kappa shape index (κ2) is 16.6. The Balaban J connectivity index is 2.52. The summed E-state index contributed by atoms with van der Waals surface area (Å²) in [5.74, 6) is 2.02. The van der Waals surface area contributed by atoms with Crippen molar-refractivity contribution in [2.24, 2.45) is 0 Å². The molecule has 156 valence electrons. The molecular formula is C21H42N6. The molecular weight excluding hydrogens is 336 g/mol. The van der Waals surface area contributed by atoms with Gasteiger partial charge >= 0.3 is 0 Å². The predicted octanol–water partition coefficient (Wildman–Crippen LogP) is 5.85. The van der Waals surface area contributed by atoms with Crippen molar-refractivity contribution in [3.05, 3.63) is 0 Å². The van der Waals surface area contributed by atoms with E-state index < -0.39 is 0 Å². The molecule has 0 saturated heterocycles. The largest absolute Gasteiger partial charge is 0.354 e. The van der Waals surface area contributed by atoms with Crippen LogP contribution in [0.3, 0.4) is 0 Å². The maximum absolute atomic E-state index is 4.54. The van der Waals surface area contributed by atoms with Crippen molar-refractivity contribution in [2.75, 3.05) is 35.6 Å². The number of anilines is 3. The molecule has 0 aliphatic heterocycles. The maximum Gasteiger partial charge on any atom is 0.229 e. The summed E-state index contributed by atoms with van der Waals surface area (Å²) in [6.07, 6.45) is 14.8. The molecule has 1 heterocycles. The van der Waals surface area contributed by atoms with E-state index in [2.05, 4.69) is 51.7 Å². The van der Waals surface area contributed by atoms with Crippen molar-refractivity contribution < 1.29 is 0 Å².